The fourth-order valence-electron chi connectivity index (χ4n) is 2.72. The molecule has 0 aliphatic rings. The molecular weight excluding hydrogens is 418 g/mol. The second-order valence-electron chi connectivity index (χ2n) is 6.78. The molecule has 0 bridgehead atoms. The largest absolute Gasteiger partial charge is 0.455 e. The van der Waals surface area contributed by atoms with Crippen molar-refractivity contribution < 1.29 is 27.5 Å². The number of rotatable bonds is 7. The van der Waals surface area contributed by atoms with E-state index in [-0.39, 0.29) is 10.5 Å². The summed E-state index contributed by atoms with van der Waals surface area (Å²) in [7, 11) is -3.48. The third kappa shape index (κ3) is 5.93. The van der Waals surface area contributed by atoms with Crippen LogP contribution in [-0.4, -0.2) is 33.2 Å². The van der Waals surface area contributed by atoms with Crippen LogP contribution in [0, 0.1) is 6.92 Å². The standard InChI is InChI=1S/C23H21NO6S/c1-16-12-13-18(31(2,27)28)14-19(16)23(26)29-15-22(25)24-20-10-6-7-11-21(20)30-17-8-4-3-5-9-17/h3-14H,15H2,1-2H3,(H,24,25). The monoisotopic (exact) mass is 439 g/mol. The molecule has 8 heteroatoms. The van der Waals surface area contributed by atoms with E-state index >= 15 is 0 Å². The fourth-order valence-corrected chi connectivity index (χ4v) is 3.37. The summed E-state index contributed by atoms with van der Waals surface area (Å²) in [4.78, 5) is 24.7. The van der Waals surface area contributed by atoms with Gasteiger partial charge in [0, 0.05) is 6.26 Å². The third-order valence-electron chi connectivity index (χ3n) is 4.32. The molecule has 0 saturated carbocycles. The number of sulfone groups is 1. The Balaban J connectivity index is 1.66. The molecule has 3 aromatic carbocycles. The first-order chi connectivity index (χ1) is 14.7. The van der Waals surface area contributed by atoms with Crippen molar-refractivity contribution in [2.24, 2.45) is 0 Å². The number of carbonyl (C=O) groups is 2. The van der Waals surface area contributed by atoms with Crippen molar-refractivity contribution in [1.29, 1.82) is 0 Å². The van der Waals surface area contributed by atoms with E-state index < -0.39 is 28.3 Å². The van der Waals surface area contributed by atoms with E-state index in [2.05, 4.69) is 5.32 Å². The van der Waals surface area contributed by atoms with Crippen molar-refractivity contribution in [3.63, 3.8) is 0 Å². The molecular formula is C23H21NO6S. The predicted octanol–water partition coefficient (Wildman–Crippen LogP) is 3.99. The van der Waals surface area contributed by atoms with Gasteiger partial charge in [-0.05, 0) is 48.9 Å². The summed E-state index contributed by atoms with van der Waals surface area (Å²) in [5.74, 6) is -0.303. The molecule has 0 atom stereocenters. The molecule has 1 N–H and O–H groups in total. The Morgan fingerprint density at radius 3 is 2.32 bits per heavy atom. The van der Waals surface area contributed by atoms with Crippen molar-refractivity contribution in [2.45, 2.75) is 11.8 Å². The van der Waals surface area contributed by atoms with Crippen LogP contribution >= 0.6 is 0 Å². The highest BCUT2D eigenvalue weighted by molar-refractivity contribution is 7.90. The number of amides is 1. The number of hydrogen-bond acceptors (Lipinski definition) is 6. The number of nitrogens with one attached hydrogen (secondary N) is 1. The van der Waals surface area contributed by atoms with Crippen LogP contribution in [-0.2, 0) is 19.4 Å². The number of hydrogen-bond donors (Lipinski definition) is 1. The van der Waals surface area contributed by atoms with E-state index in [4.69, 9.17) is 9.47 Å². The van der Waals surface area contributed by atoms with Gasteiger partial charge in [-0.25, -0.2) is 13.2 Å². The molecule has 0 saturated heterocycles. The minimum atomic E-state index is -3.48. The molecule has 0 aliphatic heterocycles. The Kier molecular flexibility index (Phi) is 6.71. The predicted molar refractivity (Wildman–Crippen MR) is 116 cm³/mol. The number of benzene rings is 3. The Morgan fingerprint density at radius 2 is 1.61 bits per heavy atom. The van der Waals surface area contributed by atoms with Crippen LogP contribution in [0.2, 0.25) is 0 Å². The molecule has 0 aliphatic carbocycles. The maximum atomic E-state index is 12.4. The van der Waals surface area contributed by atoms with Crippen molar-refractivity contribution in [2.75, 3.05) is 18.2 Å². The van der Waals surface area contributed by atoms with Crippen LogP contribution < -0.4 is 10.1 Å². The van der Waals surface area contributed by atoms with Gasteiger partial charge in [-0.2, -0.15) is 0 Å². The Bertz CT molecular complexity index is 1210. The van der Waals surface area contributed by atoms with Gasteiger partial charge in [-0.1, -0.05) is 36.4 Å². The van der Waals surface area contributed by atoms with E-state index in [1.165, 1.54) is 18.2 Å². The quantitative estimate of drug-likeness (QED) is 0.559. The van der Waals surface area contributed by atoms with Gasteiger partial charge in [0.05, 0.1) is 16.1 Å². The summed E-state index contributed by atoms with van der Waals surface area (Å²) in [6.07, 6.45) is 1.05. The number of esters is 1. The lowest BCUT2D eigenvalue weighted by Crippen LogP contribution is -2.21. The SMILES string of the molecule is Cc1ccc(S(C)(=O)=O)cc1C(=O)OCC(=O)Nc1ccccc1Oc1ccccc1. The number of carbonyl (C=O) groups excluding carboxylic acids is 2. The first-order valence-electron chi connectivity index (χ1n) is 9.33. The van der Waals surface area contributed by atoms with Crippen LogP contribution in [0.5, 0.6) is 11.5 Å². The summed E-state index contributed by atoms with van der Waals surface area (Å²) in [6, 6.07) is 20.1. The summed E-state index contributed by atoms with van der Waals surface area (Å²) in [6.45, 7) is 1.11. The smallest absolute Gasteiger partial charge is 0.338 e. The molecule has 1 amide bonds. The van der Waals surface area contributed by atoms with Gasteiger partial charge < -0.3 is 14.8 Å². The first-order valence-corrected chi connectivity index (χ1v) is 11.2. The molecule has 0 aromatic heterocycles. The van der Waals surface area contributed by atoms with Crippen LogP contribution in [0.15, 0.2) is 77.7 Å². The van der Waals surface area contributed by atoms with E-state index in [1.54, 1.807) is 43.3 Å². The van der Waals surface area contributed by atoms with Gasteiger partial charge in [0.25, 0.3) is 5.91 Å². The topological polar surface area (TPSA) is 98.8 Å². The number of para-hydroxylation sites is 3. The summed E-state index contributed by atoms with van der Waals surface area (Å²) >= 11 is 0. The lowest BCUT2D eigenvalue weighted by molar-refractivity contribution is -0.119. The van der Waals surface area contributed by atoms with Gasteiger partial charge in [0.1, 0.15) is 5.75 Å². The zero-order chi connectivity index (χ0) is 22.4. The maximum absolute atomic E-state index is 12.4. The minimum absolute atomic E-state index is 0.00138. The zero-order valence-corrected chi connectivity index (χ0v) is 17.8. The molecule has 31 heavy (non-hydrogen) atoms. The molecule has 0 heterocycles. The average Bonchev–Trinajstić information content (AvgIpc) is 2.73. The Morgan fingerprint density at radius 1 is 0.935 bits per heavy atom. The highest BCUT2D eigenvalue weighted by Gasteiger charge is 2.17. The van der Waals surface area contributed by atoms with Gasteiger partial charge >= 0.3 is 5.97 Å². The normalized spacial score (nSPS) is 10.9. The van der Waals surface area contributed by atoms with Crippen LogP contribution in [0.3, 0.4) is 0 Å². The Hall–Kier alpha value is -3.65. The average molecular weight is 439 g/mol. The first kappa shape index (κ1) is 22.0. The second kappa shape index (κ2) is 9.44. The molecule has 0 unspecified atom stereocenters. The number of anilines is 1. The van der Waals surface area contributed by atoms with Crippen molar-refractivity contribution in [3.05, 3.63) is 83.9 Å². The van der Waals surface area contributed by atoms with Gasteiger partial charge in [-0.3, -0.25) is 4.79 Å². The number of ether oxygens (including phenoxy) is 2. The van der Waals surface area contributed by atoms with Crippen molar-refractivity contribution >= 4 is 27.4 Å². The maximum Gasteiger partial charge on any atom is 0.338 e. The molecule has 0 radical (unpaired) electrons. The lowest BCUT2D eigenvalue weighted by atomic mass is 10.1. The molecule has 3 aromatic rings. The van der Waals surface area contributed by atoms with Crippen LogP contribution in [0.4, 0.5) is 5.69 Å². The van der Waals surface area contributed by atoms with Crippen LogP contribution in [0.1, 0.15) is 15.9 Å². The van der Waals surface area contributed by atoms with Gasteiger partial charge in [-0.15, -0.1) is 0 Å². The summed E-state index contributed by atoms with van der Waals surface area (Å²) < 4.78 is 34.3. The highest BCUT2D eigenvalue weighted by Crippen LogP contribution is 2.29. The summed E-state index contributed by atoms with van der Waals surface area (Å²) in [5.41, 5.74) is 1.05. The second-order valence-corrected chi connectivity index (χ2v) is 8.80. The van der Waals surface area contributed by atoms with E-state index in [1.807, 2.05) is 18.2 Å². The molecule has 0 spiro atoms. The molecule has 0 fully saturated rings. The minimum Gasteiger partial charge on any atom is -0.455 e. The van der Waals surface area contributed by atoms with Crippen molar-refractivity contribution in [1.82, 2.24) is 0 Å². The van der Waals surface area contributed by atoms with Gasteiger partial charge in [0.15, 0.2) is 22.2 Å². The molecule has 160 valence electrons. The Labute approximate surface area is 180 Å². The van der Waals surface area contributed by atoms with E-state index in [0.29, 0.717) is 22.7 Å². The fraction of sp³-hybridized carbons (Fsp3) is 0.130. The highest BCUT2D eigenvalue weighted by atomic mass is 32.2. The van der Waals surface area contributed by atoms with E-state index in [0.717, 1.165) is 6.26 Å². The third-order valence-corrected chi connectivity index (χ3v) is 5.43. The lowest BCUT2D eigenvalue weighted by Gasteiger charge is -2.13. The number of aryl methyl sites for hydroxylation is 1. The zero-order valence-electron chi connectivity index (χ0n) is 17.0. The van der Waals surface area contributed by atoms with E-state index in [9.17, 15) is 18.0 Å². The molecule has 7 nitrogen and oxygen atoms in total. The van der Waals surface area contributed by atoms with Gasteiger partial charge in [0.2, 0.25) is 0 Å². The summed E-state index contributed by atoms with van der Waals surface area (Å²) in [5, 5.41) is 2.65. The van der Waals surface area contributed by atoms with Crippen molar-refractivity contribution in [3.8, 4) is 11.5 Å². The van der Waals surface area contributed by atoms with Crippen LogP contribution in [0.25, 0.3) is 0 Å². The molecule has 3 rings (SSSR count).